The molecule has 4 nitrogen and oxygen atoms in total. The number of nitrogens with zero attached hydrogens (tertiary/aromatic N) is 1. The van der Waals surface area contributed by atoms with Crippen LogP contribution in [0.2, 0.25) is 0 Å². The molecule has 3 aromatic carbocycles. The predicted molar refractivity (Wildman–Crippen MR) is 111 cm³/mol. The number of benzene rings is 3. The molecule has 140 valence electrons. The minimum absolute atomic E-state index is 0.0545. The van der Waals surface area contributed by atoms with Gasteiger partial charge in [0.1, 0.15) is 11.5 Å². The van der Waals surface area contributed by atoms with Crippen molar-refractivity contribution in [2.75, 3.05) is 14.2 Å². The quantitative estimate of drug-likeness (QED) is 0.437. The van der Waals surface area contributed by atoms with E-state index in [1.165, 1.54) is 0 Å². The first kappa shape index (κ1) is 17.9. The van der Waals surface area contributed by atoms with Crippen molar-refractivity contribution in [2.45, 2.75) is 6.54 Å². The van der Waals surface area contributed by atoms with E-state index in [4.69, 9.17) is 9.47 Å². The van der Waals surface area contributed by atoms with E-state index in [1.54, 1.807) is 14.2 Å². The van der Waals surface area contributed by atoms with E-state index >= 15 is 0 Å². The standard InChI is InChI=1S/C24H21NO3/c1-27-19-13-21-24(23(14-19)28-2)20(17-9-5-3-6-10-17)15-25(21)16-22(26)18-11-7-4-8-12-18/h3-15H,16H2,1-2H3. The summed E-state index contributed by atoms with van der Waals surface area (Å²) in [6.07, 6.45) is 2.02. The molecule has 1 heterocycles. The van der Waals surface area contributed by atoms with Gasteiger partial charge in [0, 0.05) is 34.8 Å². The van der Waals surface area contributed by atoms with Gasteiger partial charge in [0.15, 0.2) is 5.78 Å². The molecule has 0 N–H and O–H groups in total. The molecule has 0 fully saturated rings. The van der Waals surface area contributed by atoms with Crippen molar-refractivity contribution in [2.24, 2.45) is 0 Å². The van der Waals surface area contributed by atoms with Gasteiger partial charge in [-0.25, -0.2) is 0 Å². The van der Waals surface area contributed by atoms with Gasteiger partial charge in [0.2, 0.25) is 0 Å². The summed E-state index contributed by atoms with van der Waals surface area (Å²) in [5, 5.41) is 0.968. The summed E-state index contributed by atoms with van der Waals surface area (Å²) in [6.45, 7) is 0.240. The smallest absolute Gasteiger partial charge is 0.182 e. The lowest BCUT2D eigenvalue weighted by atomic mass is 10.0. The molecule has 0 atom stereocenters. The van der Waals surface area contributed by atoms with E-state index in [0.717, 1.165) is 27.8 Å². The van der Waals surface area contributed by atoms with Crippen LogP contribution >= 0.6 is 0 Å². The molecule has 1 aromatic heterocycles. The van der Waals surface area contributed by atoms with Crippen LogP contribution in [0.5, 0.6) is 11.5 Å². The molecule has 0 aliphatic rings. The lowest BCUT2D eigenvalue weighted by Crippen LogP contribution is -2.09. The molecule has 0 aliphatic carbocycles. The Hall–Kier alpha value is -3.53. The van der Waals surface area contributed by atoms with Crippen LogP contribution in [0, 0.1) is 0 Å². The zero-order valence-corrected chi connectivity index (χ0v) is 15.9. The summed E-state index contributed by atoms with van der Waals surface area (Å²) in [4.78, 5) is 12.8. The van der Waals surface area contributed by atoms with Crippen molar-refractivity contribution < 1.29 is 14.3 Å². The molecule has 0 saturated heterocycles. The highest BCUT2D eigenvalue weighted by molar-refractivity contribution is 6.03. The number of carbonyl (C=O) groups excluding carboxylic acids is 1. The number of hydrogen-bond acceptors (Lipinski definition) is 3. The molecule has 0 saturated carbocycles. The summed E-state index contributed by atoms with van der Waals surface area (Å²) >= 11 is 0. The van der Waals surface area contributed by atoms with Crippen LogP contribution in [0.3, 0.4) is 0 Å². The Morgan fingerprint density at radius 1 is 0.893 bits per heavy atom. The summed E-state index contributed by atoms with van der Waals surface area (Å²) < 4.78 is 13.1. The van der Waals surface area contributed by atoms with Crippen molar-refractivity contribution in [3.63, 3.8) is 0 Å². The van der Waals surface area contributed by atoms with Crippen molar-refractivity contribution >= 4 is 16.7 Å². The maximum absolute atomic E-state index is 12.8. The monoisotopic (exact) mass is 371 g/mol. The number of carbonyl (C=O) groups is 1. The zero-order valence-electron chi connectivity index (χ0n) is 15.9. The molecule has 4 aromatic rings. The second-order valence-corrected chi connectivity index (χ2v) is 6.55. The Balaban J connectivity index is 1.89. The van der Waals surface area contributed by atoms with Crippen molar-refractivity contribution in [1.29, 1.82) is 0 Å². The topological polar surface area (TPSA) is 40.5 Å². The van der Waals surface area contributed by atoms with Gasteiger partial charge in [-0.05, 0) is 5.56 Å². The fourth-order valence-electron chi connectivity index (χ4n) is 3.48. The lowest BCUT2D eigenvalue weighted by molar-refractivity contribution is 0.0973. The first-order valence-corrected chi connectivity index (χ1v) is 9.10. The third-order valence-corrected chi connectivity index (χ3v) is 4.87. The Kier molecular flexibility index (Phi) is 4.85. The highest BCUT2D eigenvalue weighted by Gasteiger charge is 2.18. The van der Waals surface area contributed by atoms with E-state index in [0.29, 0.717) is 11.3 Å². The summed E-state index contributed by atoms with van der Waals surface area (Å²) in [7, 11) is 3.27. The fourth-order valence-corrected chi connectivity index (χ4v) is 3.48. The number of aromatic nitrogens is 1. The minimum atomic E-state index is 0.0545. The second kappa shape index (κ2) is 7.61. The molecule has 0 spiro atoms. The van der Waals surface area contributed by atoms with Gasteiger partial charge in [-0.15, -0.1) is 0 Å². The normalized spacial score (nSPS) is 10.8. The first-order valence-electron chi connectivity index (χ1n) is 9.10. The minimum Gasteiger partial charge on any atom is -0.497 e. The van der Waals surface area contributed by atoms with Crippen LogP contribution in [0.15, 0.2) is 79.0 Å². The molecule has 4 heteroatoms. The largest absolute Gasteiger partial charge is 0.497 e. The van der Waals surface area contributed by atoms with Gasteiger partial charge in [-0.3, -0.25) is 4.79 Å². The van der Waals surface area contributed by atoms with Gasteiger partial charge in [-0.2, -0.15) is 0 Å². The fraction of sp³-hybridized carbons (Fsp3) is 0.125. The number of Topliss-reactive ketones (excluding diaryl/α,β-unsaturated/α-hetero) is 1. The highest BCUT2D eigenvalue weighted by Crippen LogP contribution is 2.39. The molecule has 28 heavy (non-hydrogen) atoms. The molecule has 0 radical (unpaired) electrons. The Bertz CT molecular complexity index is 1120. The van der Waals surface area contributed by atoms with E-state index in [9.17, 15) is 4.79 Å². The van der Waals surface area contributed by atoms with Gasteiger partial charge >= 0.3 is 0 Å². The summed E-state index contributed by atoms with van der Waals surface area (Å²) in [5.74, 6) is 1.47. The average Bonchev–Trinajstić information content (AvgIpc) is 3.12. The van der Waals surface area contributed by atoms with Crippen LogP contribution < -0.4 is 9.47 Å². The molecule has 4 rings (SSSR count). The Morgan fingerprint density at radius 3 is 2.21 bits per heavy atom. The number of ketones is 1. The van der Waals surface area contributed by atoms with Crippen LogP contribution in [0.1, 0.15) is 10.4 Å². The van der Waals surface area contributed by atoms with E-state index in [2.05, 4.69) is 12.1 Å². The maximum atomic E-state index is 12.8. The van der Waals surface area contributed by atoms with Crippen LogP contribution in [0.4, 0.5) is 0 Å². The van der Waals surface area contributed by atoms with Crippen molar-refractivity contribution in [3.05, 3.63) is 84.6 Å². The van der Waals surface area contributed by atoms with Gasteiger partial charge < -0.3 is 14.0 Å². The molecule has 0 unspecified atom stereocenters. The Labute approximate surface area is 163 Å². The summed E-state index contributed by atoms with van der Waals surface area (Å²) in [6, 6.07) is 23.3. The molecule has 0 bridgehead atoms. The van der Waals surface area contributed by atoms with Crippen LogP contribution in [-0.2, 0) is 6.54 Å². The first-order chi connectivity index (χ1) is 13.7. The van der Waals surface area contributed by atoms with Gasteiger partial charge in [0.05, 0.1) is 26.3 Å². The molecule has 0 amide bonds. The molecular formula is C24H21NO3. The maximum Gasteiger partial charge on any atom is 0.182 e. The van der Waals surface area contributed by atoms with Crippen molar-refractivity contribution in [1.82, 2.24) is 4.57 Å². The predicted octanol–water partition coefficient (Wildman–Crippen LogP) is 5.21. The number of hydrogen-bond donors (Lipinski definition) is 0. The molecule has 0 aliphatic heterocycles. The Morgan fingerprint density at radius 2 is 1.57 bits per heavy atom. The van der Waals surface area contributed by atoms with E-state index in [-0.39, 0.29) is 12.3 Å². The number of fused-ring (bicyclic) bond motifs is 1. The average molecular weight is 371 g/mol. The highest BCUT2D eigenvalue weighted by atomic mass is 16.5. The zero-order chi connectivity index (χ0) is 19.5. The number of rotatable bonds is 6. The lowest BCUT2D eigenvalue weighted by Gasteiger charge is -2.10. The third kappa shape index (κ3) is 3.25. The summed E-state index contributed by atoms with van der Waals surface area (Å²) in [5.41, 5.74) is 3.69. The number of ether oxygens (including phenoxy) is 2. The third-order valence-electron chi connectivity index (χ3n) is 4.87. The number of methoxy groups -OCH3 is 2. The SMILES string of the molecule is COc1cc(OC)c2c(-c3ccccc3)cn(CC(=O)c3ccccc3)c2c1. The van der Waals surface area contributed by atoms with Crippen LogP contribution in [0.25, 0.3) is 22.0 Å². The van der Waals surface area contributed by atoms with Gasteiger partial charge in [-0.1, -0.05) is 60.7 Å². The van der Waals surface area contributed by atoms with Gasteiger partial charge in [0.25, 0.3) is 0 Å². The molecular weight excluding hydrogens is 350 g/mol. The van der Waals surface area contributed by atoms with Crippen molar-refractivity contribution in [3.8, 4) is 22.6 Å². The van der Waals surface area contributed by atoms with E-state index in [1.807, 2.05) is 71.4 Å². The van der Waals surface area contributed by atoms with E-state index < -0.39 is 0 Å². The second-order valence-electron chi connectivity index (χ2n) is 6.55. The van der Waals surface area contributed by atoms with Crippen LogP contribution in [-0.4, -0.2) is 24.6 Å².